The number of aromatic nitrogens is 2. The number of hydrogen-bond acceptors (Lipinski definition) is 15. The van der Waals surface area contributed by atoms with Crippen LogP contribution in [0.25, 0.3) is 21.6 Å². The number of carbonyl (C=O) groups is 5. The van der Waals surface area contributed by atoms with Gasteiger partial charge in [-0.25, -0.2) is 4.98 Å². The molecule has 6 N–H and O–H groups in total. The number of amides is 5. The monoisotopic (exact) mass is 1160 g/mol. The van der Waals surface area contributed by atoms with Gasteiger partial charge in [-0.15, -0.1) is 11.3 Å². The fourth-order valence-electron chi connectivity index (χ4n) is 9.34. The summed E-state index contributed by atoms with van der Waals surface area (Å²) >= 11 is 1.56. The first-order valence-electron chi connectivity index (χ1n) is 27.1. The largest absolute Gasteiger partial charge is 0.417 e. The minimum atomic E-state index is -4.88. The maximum absolute atomic E-state index is 14.0. The molecule has 1 unspecified atom stereocenters. The fourth-order valence-corrected chi connectivity index (χ4v) is 10.2. The van der Waals surface area contributed by atoms with Gasteiger partial charge in [0.2, 0.25) is 23.3 Å². The summed E-state index contributed by atoms with van der Waals surface area (Å²) in [5.74, 6) is -2.42. The van der Waals surface area contributed by atoms with E-state index in [4.69, 9.17) is 18.9 Å². The Kier molecular flexibility index (Phi) is 22.3. The number of benzene rings is 3. The molecule has 24 heteroatoms. The minimum Gasteiger partial charge on any atom is -0.391 e. The standard InChI is InChI=1S/C58H72F3N9O11S/c1-37-51(82-36-65-37)41-8-6-38(7-9-41)32-64-55(76)47-30-44(71)34-70(47)56(77)52(57(2,3)4)67-49(72)18-22-78-24-26-80-28-29-81-27-25-79-23-19-62-53(74)42-12-10-39(11-13-42)40-14-16-43(17-15-40)69-21-20-68(5)48(35-69)66-54(75)45-33-63-50(73)31-46(45)58(59,60)61/h6-17,31,33,36,44,47-48,52,71H,18-30,32,34-35H2,1-5H3,(H,62,74)(H,63,73)(H,64,76)(H,66,75)(H,67,72)/t44-,47+,48?,52-/m1/s1. The van der Waals surface area contributed by atoms with Crippen LogP contribution in [0.4, 0.5) is 18.9 Å². The van der Waals surface area contributed by atoms with E-state index in [1.165, 1.54) is 4.90 Å². The van der Waals surface area contributed by atoms with Gasteiger partial charge in [-0.3, -0.25) is 33.7 Å². The molecule has 5 amide bonds. The third-order valence-corrected chi connectivity index (χ3v) is 14.9. The summed E-state index contributed by atoms with van der Waals surface area (Å²) in [6.45, 7) is 11.5. The van der Waals surface area contributed by atoms with E-state index in [0.29, 0.717) is 57.7 Å². The molecule has 442 valence electrons. The van der Waals surface area contributed by atoms with E-state index in [1.54, 1.807) is 36.0 Å². The second-order valence-electron chi connectivity index (χ2n) is 21.1. The lowest BCUT2D eigenvalue weighted by atomic mass is 9.85. The number of piperazine rings is 1. The summed E-state index contributed by atoms with van der Waals surface area (Å²) in [5.41, 5.74) is 4.16. The number of nitrogens with one attached hydrogen (secondary N) is 5. The SMILES string of the molecule is Cc1ncsc1-c1ccc(CNC(=O)[C@@H]2C[C@@H](O)CN2C(=O)[C@@H](NC(=O)CCOCCOCCOCCOCCNC(=O)c2ccc(-c3ccc(N4CCN(C)C(NC(=O)c5c[nH]c(=O)cc5C(F)(F)F)C4)cc3)cc2)C(C)(C)C)cc1. The van der Waals surface area contributed by atoms with Crippen molar-refractivity contribution < 1.29 is 61.2 Å². The zero-order valence-corrected chi connectivity index (χ0v) is 47.5. The Morgan fingerprint density at radius 1 is 0.793 bits per heavy atom. The van der Waals surface area contributed by atoms with Crippen LogP contribution in [0.1, 0.15) is 71.1 Å². The van der Waals surface area contributed by atoms with E-state index in [1.807, 2.05) is 98.2 Å². The molecule has 0 spiro atoms. The van der Waals surface area contributed by atoms with Crippen LogP contribution in [0, 0.1) is 12.3 Å². The Balaban J connectivity index is 0.709. The molecule has 4 atom stereocenters. The topological polar surface area (TPSA) is 246 Å². The summed E-state index contributed by atoms with van der Waals surface area (Å²) < 4.78 is 63.1. The summed E-state index contributed by atoms with van der Waals surface area (Å²) in [7, 11) is 1.77. The van der Waals surface area contributed by atoms with Crippen LogP contribution in [0.3, 0.4) is 0 Å². The molecule has 4 heterocycles. The van der Waals surface area contributed by atoms with Crippen LogP contribution >= 0.6 is 11.3 Å². The number of aliphatic hydroxyl groups is 1. The second-order valence-corrected chi connectivity index (χ2v) is 21.9. The van der Waals surface area contributed by atoms with Gasteiger partial charge in [-0.05, 0) is 65.9 Å². The summed E-state index contributed by atoms with van der Waals surface area (Å²) in [5, 5.41) is 21.8. The van der Waals surface area contributed by atoms with Crippen molar-refractivity contribution in [2.45, 2.75) is 77.6 Å². The lowest BCUT2D eigenvalue weighted by Gasteiger charge is -2.41. The zero-order chi connectivity index (χ0) is 59.0. The highest BCUT2D eigenvalue weighted by Gasteiger charge is 2.44. The molecule has 82 heavy (non-hydrogen) atoms. The Hall–Kier alpha value is -7.06. The third kappa shape index (κ3) is 17.7. The van der Waals surface area contributed by atoms with E-state index < -0.39 is 70.4 Å². The molecule has 20 nitrogen and oxygen atoms in total. The van der Waals surface area contributed by atoms with Crippen molar-refractivity contribution in [2.24, 2.45) is 5.41 Å². The number of anilines is 1. The van der Waals surface area contributed by atoms with Gasteiger partial charge in [0.1, 0.15) is 12.1 Å². The molecule has 2 aliphatic rings. The number of β-amino-alcohol motifs (C(OH)–C–C–N with tert-alkyl or cyclic N) is 1. The number of aliphatic hydroxyl groups excluding tert-OH is 1. The maximum atomic E-state index is 14.0. The first-order valence-corrected chi connectivity index (χ1v) is 27.9. The minimum absolute atomic E-state index is 0.00357. The smallest absolute Gasteiger partial charge is 0.391 e. The van der Waals surface area contributed by atoms with Crippen molar-refractivity contribution in [3.05, 3.63) is 129 Å². The molecule has 7 rings (SSSR count). The number of aromatic amines is 1. The Labute approximate surface area is 478 Å². The lowest BCUT2D eigenvalue weighted by molar-refractivity contribution is -0.144. The first kappa shape index (κ1) is 62.5. The quantitative estimate of drug-likeness (QED) is 0.0400. The van der Waals surface area contributed by atoms with Gasteiger partial charge in [-0.1, -0.05) is 69.3 Å². The highest BCUT2D eigenvalue weighted by molar-refractivity contribution is 7.13. The van der Waals surface area contributed by atoms with Gasteiger partial charge in [0.25, 0.3) is 11.8 Å². The number of pyridine rings is 1. The van der Waals surface area contributed by atoms with Crippen molar-refractivity contribution in [1.82, 2.24) is 41.0 Å². The van der Waals surface area contributed by atoms with Crippen molar-refractivity contribution in [3.63, 3.8) is 0 Å². The zero-order valence-electron chi connectivity index (χ0n) is 46.6. The maximum Gasteiger partial charge on any atom is 0.417 e. The molecule has 2 aliphatic heterocycles. The molecule has 2 aromatic heterocycles. The van der Waals surface area contributed by atoms with Crippen LogP contribution in [0.5, 0.6) is 0 Å². The van der Waals surface area contributed by atoms with Gasteiger partial charge >= 0.3 is 6.18 Å². The number of ether oxygens (including phenoxy) is 4. The molecule has 5 aromatic rings. The van der Waals surface area contributed by atoms with Gasteiger partial charge < -0.3 is 60.1 Å². The van der Waals surface area contributed by atoms with Crippen LogP contribution < -0.4 is 31.7 Å². The number of halogens is 3. The summed E-state index contributed by atoms with van der Waals surface area (Å²) in [6.07, 6.45) is -5.51. The number of likely N-dealkylation sites (tertiary alicyclic amines) is 1. The number of hydrogen-bond donors (Lipinski definition) is 6. The fraction of sp³-hybridized carbons (Fsp3) is 0.466. The molecular weight excluding hydrogens is 1090 g/mol. The van der Waals surface area contributed by atoms with E-state index in [0.717, 1.165) is 44.7 Å². The molecule has 3 aromatic carbocycles. The molecule has 0 aliphatic carbocycles. The number of carbonyl (C=O) groups excluding carboxylic acids is 5. The number of nitrogens with zero attached hydrogens (tertiary/aromatic N) is 4. The molecule has 0 bridgehead atoms. The van der Waals surface area contributed by atoms with E-state index in [2.05, 4.69) is 31.2 Å². The van der Waals surface area contributed by atoms with Crippen molar-refractivity contribution in [1.29, 1.82) is 0 Å². The van der Waals surface area contributed by atoms with Gasteiger partial charge in [0, 0.05) is 69.1 Å². The predicted molar refractivity (Wildman–Crippen MR) is 302 cm³/mol. The molecule has 0 radical (unpaired) electrons. The molecule has 0 saturated carbocycles. The van der Waals surface area contributed by atoms with Crippen LogP contribution in [-0.4, -0.2) is 171 Å². The third-order valence-electron chi connectivity index (χ3n) is 14.0. The highest BCUT2D eigenvalue weighted by Crippen LogP contribution is 2.32. The van der Waals surface area contributed by atoms with E-state index in [9.17, 15) is 47.0 Å². The van der Waals surface area contributed by atoms with Gasteiger partial charge in [0.05, 0.1) is 98.9 Å². The van der Waals surface area contributed by atoms with Crippen molar-refractivity contribution in [2.75, 3.05) is 97.5 Å². The van der Waals surface area contributed by atoms with Crippen LogP contribution in [0.15, 0.2) is 95.4 Å². The second kappa shape index (κ2) is 29.3. The Bertz CT molecular complexity index is 2990. The number of aryl methyl sites for hydroxylation is 1. The van der Waals surface area contributed by atoms with Gasteiger partial charge in [0.15, 0.2) is 0 Å². The highest BCUT2D eigenvalue weighted by atomic mass is 32.1. The molecular formula is C58H72F3N9O11S. The normalized spacial score (nSPS) is 17.1. The van der Waals surface area contributed by atoms with Crippen molar-refractivity contribution >= 4 is 46.6 Å². The Morgan fingerprint density at radius 2 is 1.40 bits per heavy atom. The van der Waals surface area contributed by atoms with Crippen LogP contribution in [-0.2, 0) is 46.1 Å². The number of thiazole rings is 1. The average molecular weight is 1160 g/mol. The summed E-state index contributed by atoms with van der Waals surface area (Å²) in [6, 6.07) is 21.2. The first-order chi connectivity index (χ1) is 39.2. The van der Waals surface area contributed by atoms with Crippen molar-refractivity contribution in [3.8, 4) is 21.6 Å². The van der Waals surface area contributed by atoms with Crippen LogP contribution in [0.2, 0.25) is 0 Å². The lowest BCUT2D eigenvalue weighted by Crippen LogP contribution is -2.59. The number of H-pyrrole nitrogens is 1. The molecule has 2 fully saturated rings. The number of alkyl halides is 3. The molecule has 2 saturated heterocycles. The summed E-state index contributed by atoms with van der Waals surface area (Å²) in [4.78, 5) is 90.6. The Morgan fingerprint density at radius 3 is 2.01 bits per heavy atom. The number of likely N-dealkylation sites (N-methyl/N-ethyl adjacent to an activating group) is 1. The average Bonchev–Trinajstić information content (AvgIpc) is 4.15. The predicted octanol–water partition coefficient (Wildman–Crippen LogP) is 5.00. The number of rotatable bonds is 26. The van der Waals surface area contributed by atoms with Gasteiger partial charge in [-0.2, -0.15) is 13.2 Å². The van der Waals surface area contributed by atoms with E-state index >= 15 is 0 Å². The van der Waals surface area contributed by atoms with E-state index in [-0.39, 0.29) is 70.7 Å².